The summed E-state index contributed by atoms with van der Waals surface area (Å²) in [5.41, 5.74) is 1.14. The lowest BCUT2D eigenvalue weighted by atomic mass is 9.95. The van der Waals surface area contributed by atoms with Gasteiger partial charge in [0.25, 0.3) is 0 Å². The Morgan fingerprint density at radius 1 is 1.29 bits per heavy atom. The van der Waals surface area contributed by atoms with Crippen LogP contribution >= 0.6 is 0 Å². The van der Waals surface area contributed by atoms with Crippen LogP contribution < -0.4 is 10.1 Å². The highest BCUT2D eigenvalue weighted by Gasteiger charge is 2.24. The number of rotatable bonds is 6. The first-order valence-corrected chi connectivity index (χ1v) is 8.15. The van der Waals surface area contributed by atoms with E-state index in [2.05, 4.69) is 51.2 Å². The van der Waals surface area contributed by atoms with Crippen molar-refractivity contribution in [3.63, 3.8) is 0 Å². The van der Waals surface area contributed by atoms with Crippen LogP contribution in [0.1, 0.15) is 40.5 Å². The van der Waals surface area contributed by atoms with E-state index in [0.29, 0.717) is 24.0 Å². The predicted octanol–water partition coefficient (Wildman–Crippen LogP) is 4.34. The highest BCUT2D eigenvalue weighted by atomic mass is 16.5. The zero-order chi connectivity index (χ0) is 15.2. The average Bonchev–Trinajstić information content (AvgIpc) is 2.46. The van der Waals surface area contributed by atoms with E-state index in [0.717, 1.165) is 37.5 Å². The summed E-state index contributed by atoms with van der Waals surface area (Å²) in [6.07, 6.45) is 2.52. The molecule has 0 saturated carbocycles. The first-order valence-electron chi connectivity index (χ1n) is 8.15. The fourth-order valence-corrected chi connectivity index (χ4v) is 2.60. The molecule has 0 spiro atoms. The van der Waals surface area contributed by atoms with Gasteiger partial charge < -0.3 is 14.8 Å². The first kappa shape index (κ1) is 16.2. The van der Waals surface area contributed by atoms with E-state index < -0.39 is 0 Å². The summed E-state index contributed by atoms with van der Waals surface area (Å²) in [6, 6.07) is 8.78. The maximum absolute atomic E-state index is 5.83. The molecular formula is C18H29NO2. The summed E-state index contributed by atoms with van der Waals surface area (Å²) in [5, 5.41) is 3.63. The van der Waals surface area contributed by atoms with E-state index in [1.54, 1.807) is 0 Å². The molecule has 2 rings (SSSR count). The molecule has 0 amide bonds. The summed E-state index contributed by atoms with van der Waals surface area (Å²) in [6.45, 7) is 10.4. The average molecular weight is 291 g/mol. The molecule has 1 fully saturated rings. The van der Waals surface area contributed by atoms with Gasteiger partial charge in [0.05, 0.1) is 12.7 Å². The number of anilines is 1. The summed E-state index contributed by atoms with van der Waals surface area (Å²) in [5.74, 6) is 2.07. The molecule has 2 atom stereocenters. The van der Waals surface area contributed by atoms with Crippen LogP contribution in [0.25, 0.3) is 0 Å². The van der Waals surface area contributed by atoms with E-state index in [-0.39, 0.29) is 0 Å². The van der Waals surface area contributed by atoms with Gasteiger partial charge >= 0.3 is 0 Å². The third kappa shape index (κ3) is 5.24. The van der Waals surface area contributed by atoms with Crippen LogP contribution in [0.5, 0.6) is 5.75 Å². The Kier molecular flexibility index (Phi) is 5.92. The second-order valence-electron chi connectivity index (χ2n) is 6.75. The van der Waals surface area contributed by atoms with E-state index in [4.69, 9.17) is 9.47 Å². The molecule has 3 nitrogen and oxygen atoms in total. The van der Waals surface area contributed by atoms with E-state index in [1.165, 1.54) is 0 Å². The smallest absolute Gasteiger partial charge is 0.121 e. The summed E-state index contributed by atoms with van der Waals surface area (Å²) in [7, 11) is 0. The molecule has 21 heavy (non-hydrogen) atoms. The standard InChI is InChI=1S/C18H29NO2/c1-13(2)12-21-17-7-5-6-15(10-17)19-16-8-9-20-18(11-16)14(3)4/h5-7,10,13-14,16,18-19H,8-9,11-12H2,1-4H3. The van der Waals surface area contributed by atoms with Crippen molar-refractivity contribution < 1.29 is 9.47 Å². The molecule has 0 aromatic heterocycles. The third-order valence-corrected chi connectivity index (χ3v) is 3.85. The minimum absolute atomic E-state index is 0.372. The van der Waals surface area contributed by atoms with Crippen molar-refractivity contribution in [3.05, 3.63) is 24.3 Å². The normalized spacial score (nSPS) is 22.6. The minimum atomic E-state index is 0.372. The van der Waals surface area contributed by atoms with E-state index in [9.17, 15) is 0 Å². The quantitative estimate of drug-likeness (QED) is 0.846. The zero-order valence-corrected chi connectivity index (χ0v) is 13.8. The van der Waals surface area contributed by atoms with Crippen molar-refractivity contribution in [2.24, 2.45) is 11.8 Å². The minimum Gasteiger partial charge on any atom is -0.493 e. The van der Waals surface area contributed by atoms with Gasteiger partial charge in [-0.3, -0.25) is 0 Å². The zero-order valence-electron chi connectivity index (χ0n) is 13.8. The van der Waals surface area contributed by atoms with Gasteiger partial charge in [-0.05, 0) is 36.8 Å². The molecule has 1 aliphatic rings. The lowest BCUT2D eigenvalue weighted by Crippen LogP contribution is -2.36. The summed E-state index contributed by atoms with van der Waals surface area (Å²) >= 11 is 0. The lowest BCUT2D eigenvalue weighted by molar-refractivity contribution is -0.0160. The Labute approximate surface area is 129 Å². The van der Waals surface area contributed by atoms with Crippen molar-refractivity contribution >= 4 is 5.69 Å². The number of ether oxygens (including phenoxy) is 2. The Hall–Kier alpha value is -1.22. The molecule has 118 valence electrons. The van der Waals surface area contributed by atoms with Gasteiger partial charge in [-0.1, -0.05) is 33.8 Å². The number of hydrogen-bond acceptors (Lipinski definition) is 3. The predicted molar refractivity (Wildman–Crippen MR) is 88.0 cm³/mol. The van der Waals surface area contributed by atoms with E-state index >= 15 is 0 Å². The van der Waals surface area contributed by atoms with E-state index in [1.807, 2.05) is 6.07 Å². The maximum Gasteiger partial charge on any atom is 0.121 e. The largest absolute Gasteiger partial charge is 0.493 e. The van der Waals surface area contributed by atoms with Gasteiger partial charge in [-0.25, -0.2) is 0 Å². The van der Waals surface area contributed by atoms with Crippen LogP contribution in [0.2, 0.25) is 0 Å². The summed E-state index contributed by atoms with van der Waals surface area (Å²) < 4.78 is 11.6. The molecular weight excluding hydrogens is 262 g/mol. The van der Waals surface area contributed by atoms with Crippen LogP contribution in [0.15, 0.2) is 24.3 Å². The molecule has 1 N–H and O–H groups in total. The number of nitrogens with one attached hydrogen (secondary N) is 1. The van der Waals surface area contributed by atoms with Crippen molar-refractivity contribution in [2.45, 2.75) is 52.7 Å². The third-order valence-electron chi connectivity index (χ3n) is 3.85. The fourth-order valence-electron chi connectivity index (χ4n) is 2.60. The van der Waals surface area contributed by atoms with Gasteiger partial charge in [-0.15, -0.1) is 0 Å². The molecule has 1 aromatic rings. The molecule has 1 aliphatic heterocycles. The second-order valence-corrected chi connectivity index (χ2v) is 6.75. The molecule has 1 aromatic carbocycles. The van der Waals surface area contributed by atoms with Gasteiger partial charge in [0, 0.05) is 24.4 Å². The van der Waals surface area contributed by atoms with Crippen molar-refractivity contribution in [2.75, 3.05) is 18.5 Å². The van der Waals surface area contributed by atoms with Crippen LogP contribution in [-0.4, -0.2) is 25.4 Å². The molecule has 0 bridgehead atoms. The highest BCUT2D eigenvalue weighted by Crippen LogP contribution is 2.25. The Morgan fingerprint density at radius 2 is 2.10 bits per heavy atom. The molecule has 0 aliphatic carbocycles. The van der Waals surface area contributed by atoms with Gasteiger partial charge in [-0.2, -0.15) is 0 Å². The summed E-state index contributed by atoms with van der Waals surface area (Å²) in [4.78, 5) is 0. The molecule has 3 heteroatoms. The highest BCUT2D eigenvalue weighted by molar-refractivity contribution is 5.48. The fraction of sp³-hybridized carbons (Fsp3) is 0.667. The molecule has 1 heterocycles. The SMILES string of the molecule is CC(C)COc1cccc(NC2CCOC(C(C)C)C2)c1. The number of benzene rings is 1. The van der Waals surface area contributed by atoms with Crippen LogP contribution in [0.4, 0.5) is 5.69 Å². The lowest BCUT2D eigenvalue weighted by Gasteiger charge is -2.33. The first-order chi connectivity index (χ1) is 10.0. The van der Waals surface area contributed by atoms with Crippen molar-refractivity contribution in [1.82, 2.24) is 0 Å². The monoisotopic (exact) mass is 291 g/mol. The molecule has 2 unspecified atom stereocenters. The molecule has 1 saturated heterocycles. The maximum atomic E-state index is 5.83. The van der Waals surface area contributed by atoms with Gasteiger partial charge in [0.1, 0.15) is 5.75 Å². The Morgan fingerprint density at radius 3 is 2.81 bits per heavy atom. The number of hydrogen-bond donors (Lipinski definition) is 1. The van der Waals surface area contributed by atoms with Gasteiger partial charge in [0.2, 0.25) is 0 Å². The van der Waals surface area contributed by atoms with Crippen molar-refractivity contribution in [1.29, 1.82) is 0 Å². The van der Waals surface area contributed by atoms with Crippen molar-refractivity contribution in [3.8, 4) is 5.75 Å². The topological polar surface area (TPSA) is 30.5 Å². The molecule has 0 radical (unpaired) electrons. The second kappa shape index (κ2) is 7.69. The van der Waals surface area contributed by atoms with Crippen LogP contribution in [0.3, 0.4) is 0 Å². The van der Waals surface area contributed by atoms with Crippen LogP contribution in [0, 0.1) is 11.8 Å². The Balaban J connectivity index is 1.91. The van der Waals surface area contributed by atoms with Crippen LogP contribution in [-0.2, 0) is 4.74 Å². The van der Waals surface area contributed by atoms with Gasteiger partial charge in [0.15, 0.2) is 0 Å². The Bertz CT molecular complexity index is 431.